The molecule has 0 radical (unpaired) electrons. The van der Waals surface area contributed by atoms with Crippen LogP contribution >= 0.6 is 0 Å². The van der Waals surface area contributed by atoms with Crippen molar-refractivity contribution in [2.45, 2.75) is 0 Å². The number of ketones is 1. The van der Waals surface area contributed by atoms with Gasteiger partial charge in [0.1, 0.15) is 0 Å². The summed E-state index contributed by atoms with van der Waals surface area (Å²) in [5, 5.41) is 10.7. The highest BCUT2D eigenvalue weighted by Gasteiger charge is 2.14. The molecule has 0 atom stereocenters. The monoisotopic (exact) mass is 354 g/mol. The lowest BCUT2D eigenvalue weighted by atomic mass is 10.1. The molecule has 0 aliphatic rings. The highest BCUT2D eigenvalue weighted by atomic mass is 16.5. The van der Waals surface area contributed by atoms with Crippen molar-refractivity contribution in [3.05, 3.63) is 53.8 Å². The molecule has 2 aromatic carbocycles. The molecule has 6 heteroatoms. The van der Waals surface area contributed by atoms with Crippen molar-refractivity contribution in [1.82, 2.24) is 0 Å². The van der Waals surface area contributed by atoms with Crippen LogP contribution in [-0.2, 0) is 0 Å². The molecule has 0 fully saturated rings. The molecule has 134 valence electrons. The maximum absolute atomic E-state index is 12.4. The van der Waals surface area contributed by atoms with Gasteiger partial charge in [-0.3, -0.25) is 4.79 Å². The van der Waals surface area contributed by atoms with Gasteiger partial charge in [-0.1, -0.05) is 18.2 Å². The number of ether oxygens (including phenoxy) is 3. The highest BCUT2D eigenvalue weighted by Crippen LogP contribution is 2.37. The van der Waals surface area contributed by atoms with Crippen LogP contribution in [0.5, 0.6) is 23.0 Å². The first kappa shape index (κ1) is 17.4. The fraction of sp³-hybridized carbons (Fsp3) is 0.150. The Morgan fingerprint density at radius 3 is 2.27 bits per heavy atom. The predicted octanol–water partition coefficient (Wildman–Crippen LogP) is 4.06. The highest BCUT2D eigenvalue weighted by molar-refractivity contribution is 6.07. The summed E-state index contributed by atoms with van der Waals surface area (Å²) in [4.78, 5) is 12.4. The Morgan fingerprint density at radius 1 is 1.00 bits per heavy atom. The number of phenolic OH excluding ortho intramolecular Hbond substituents is 1. The second-order valence-corrected chi connectivity index (χ2v) is 5.46. The minimum Gasteiger partial charge on any atom is -0.502 e. The third-order valence-electron chi connectivity index (χ3n) is 3.90. The number of carbonyl (C=O) groups excluding carboxylic acids is 1. The van der Waals surface area contributed by atoms with E-state index < -0.39 is 0 Å². The Balaban J connectivity index is 1.90. The van der Waals surface area contributed by atoms with E-state index in [0.717, 1.165) is 5.39 Å². The lowest BCUT2D eigenvalue weighted by molar-refractivity contribution is 0.102. The fourth-order valence-electron chi connectivity index (χ4n) is 2.58. The molecule has 0 amide bonds. The van der Waals surface area contributed by atoms with Gasteiger partial charge in [-0.15, -0.1) is 0 Å². The zero-order chi connectivity index (χ0) is 18.7. The number of carbonyl (C=O) groups is 1. The first-order chi connectivity index (χ1) is 12.6. The van der Waals surface area contributed by atoms with Crippen LogP contribution < -0.4 is 14.2 Å². The number of rotatable bonds is 6. The number of hydrogen-bond donors (Lipinski definition) is 1. The molecule has 0 saturated heterocycles. The molecule has 6 nitrogen and oxygen atoms in total. The van der Waals surface area contributed by atoms with Gasteiger partial charge in [0, 0.05) is 5.39 Å². The van der Waals surface area contributed by atoms with Gasteiger partial charge in [-0.05, 0) is 35.9 Å². The lowest BCUT2D eigenvalue weighted by Gasteiger charge is -2.09. The largest absolute Gasteiger partial charge is 0.502 e. The smallest absolute Gasteiger partial charge is 0.221 e. The first-order valence-electron chi connectivity index (χ1n) is 7.81. The molecule has 0 spiro atoms. The molecular weight excluding hydrogens is 336 g/mol. The Labute approximate surface area is 150 Å². The van der Waals surface area contributed by atoms with Crippen LogP contribution in [-0.4, -0.2) is 32.2 Å². The van der Waals surface area contributed by atoms with Crippen molar-refractivity contribution in [3.63, 3.8) is 0 Å². The lowest BCUT2D eigenvalue weighted by Crippen LogP contribution is -1.92. The van der Waals surface area contributed by atoms with Crippen molar-refractivity contribution in [2.24, 2.45) is 0 Å². The quantitative estimate of drug-likeness (QED) is 0.531. The molecule has 0 saturated carbocycles. The van der Waals surface area contributed by atoms with Gasteiger partial charge in [-0.2, -0.15) is 0 Å². The number of fused-ring (bicyclic) bond motifs is 1. The number of aromatic hydroxyl groups is 1. The number of furan rings is 1. The molecule has 1 heterocycles. The second-order valence-electron chi connectivity index (χ2n) is 5.46. The van der Waals surface area contributed by atoms with Gasteiger partial charge in [0.05, 0.1) is 21.3 Å². The van der Waals surface area contributed by atoms with Crippen LogP contribution in [0.3, 0.4) is 0 Å². The summed E-state index contributed by atoms with van der Waals surface area (Å²) < 4.78 is 21.1. The molecule has 1 aromatic heterocycles. The molecule has 3 aromatic rings. The van der Waals surface area contributed by atoms with E-state index in [1.165, 1.54) is 20.3 Å². The van der Waals surface area contributed by atoms with Gasteiger partial charge < -0.3 is 23.7 Å². The normalized spacial score (nSPS) is 11.0. The molecule has 1 N–H and O–H groups in total. The predicted molar refractivity (Wildman–Crippen MR) is 97.3 cm³/mol. The Morgan fingerprint density at radius 2 is 1.65 bits per heavy atom. The Bertz CT molecular complexity index is 958. The van der Waals surface area contributed by atoms with Gasteiger partial charge in [0.25, 0.3) is 0 Å². The van der Waals surface area contributed by atoms with E-state index in [-0.39, 0.29) is 28.8 Å². The van der Waals surface area contributed by atoms with E-state index in [1.807, 2.05) is 12.1 Å². The van der Waals surface area contributed by atoms with Crippen molar-refractivity contribution >= 4 is 22.8 Å². The Kier molecular flexibility index (Phi) is 4.84. The third kappa shape index (κ3) is 3.21. The van der Waals surface area contributed by atoms with E-state index in [2.05, 4.69) is 0 Å². The second kappa shape index (κ2) is 7.23. The van der Waals surface area contributed by atoms with Crippen molar-refractivity contribution in [3.8, 4) is 23.0 Å². The van der Waals surface area contributed by atoms with E-state index in [1.54, 1.807) is 37.5 Å². The van der Waals surface area contributed by atoms with Crippen LogP contribution in [0.15, 0.2) is 46.9 Å². The zero-order valence-corrected chi connectivity index (χ0v) is 14.6. The summed E-state index contributed by atoms with van der Waals surface area (Å²) in [6, 6.07) is 10.3. The molecule has 3 rings (SSSR count). The number of para-hydroxylation sites is 1. The molecule has 0 aliphatic heterocycles. The number of methoxy groups -OCH3 is 3. The summed E-state index contributed by atoms with van der Waals surface area (Å²) in [5.41, 5.74) is 1.17. The van der Waals surface area contributed by atoms with Crippen molar-refractivity contribution in [1.29, 1.82) is 0 Å². The SMILES string of the molecule is COc1cc(/C=C/C(=O)c2cc3cccc(OC)c3o2)cc(OC)c1O. The van der Waals surface area contributed by atoms with Crippen LogP contribution in [0.2, 0.25) is 0 Å². The summed E-state index contributed by atoms with van der Waals surface area (Å²) in [6.07, 6.45) is 2.98. The fourth-order valence-corrected chi connectivity index (χ4v) is 2.58. The maximum Gasteiger partial charge on any atom is 0.221 e. The summed E-state index contributed by atoms with van der Waals surface area (Å²) in [5.74, 6) is 0.893. The molecule has 0 bridgehead atoms. The molecule has 26 heavy (non-hydrogen) atoms. The van der Waals surface area contributed by atoms with Gasteiger partial charge >= 0.3 is 0 Å². The van der Waals surface area contributed by atoms with E-state index in [0.29, 0.717) is 16.9 Å². The van der Waals surface area contributed by atoms with Crippen LogP contribution in [0.25, 0.3) is 17.0 Å². The number of hydrogen-bond acceptors (Lipinski definition) is 6. The summed E-state index contributed by atoms with van der Waals surface area (Å²) >= 11 is 0. The number of benzene rings is 2. The van der Waals surface area contributed by atoms with Crippen molar-refractivity contribution < 1.29 is 28.5 Å². The topological polar surface area (TPSA) is 78.1 Å². The van der Waals surface area contributed by atoms with E-state index in [9.17, 15) is 9.90 Å². The Hall–Kier alpha value is -3.41. The first-order valence-corrected chi connectivity index (χ1v) is 7.81. The van der Waals surface area contributed by atoms with E-state index in [4.69, 9.17) is 18.6 Å². The standard InChI is InChI=1S/C20H18O6/c1-23-15-6-4-5-13-11-16(26-20(13)15)14(21)8-7-12-9-17(24-2)19(22)18(10-12)25-3/h4-11,22H,1-3H3/b8-7+. The van der Waals surface area contributed by atoms with E-state index >= 15 is 0 Å². The number of allylic oxidation sites excluding steroid dienone is 1. The number of phenols is 1. The minimum absolute atomic E-state index is 0.0946. The maximum atomic E-state index is 12.4. The van der Waals surface area contributed by atoms with Gasteiger partial charge in [0.15, 0.2) is 28.6 Å². The molecule has 0 unspecified atom stereocenters. The average molecular weight is 354 g/mol. The van der Waals surface area contributed by atoms with Crippen molar-refractivity contribution in [2.75, 3.05) is 21.3 Å². The molecular formula is C20H18O6. The van der Waals surface area contributed by atoms with Crippen LogP contribution in [0.1, 0.15) is 16.1 Å². The zero-order valence-electron chi connectivity index (χ0n) is 14.6. The van der Waals surface area contributed by atoms with Gasteiger partial charge in [-0.25, -0.2) is 0 Å². The van der Waals surface area contributed by atoms with Crippen LogP contribution in [0.4, 0.5) is 0 Å². The minimum atomic E-state index is -0.297. The average Bonchev–Trinajstić information content (AvgIpc) is 3.11. The van der Waals surface area contributed by atoms with Crippen LogP contribution in [0, 0.1) is 0 Å². The van der Waals surface area contributed by atoms with Gasteiger partial charge in [0.2, 0.25) is 11.5 Å². The summed E-state index contributed by atoms with van der Waals surface area (Å²) in [7, 11) is 4.42. The molecule has 0 aliphatic carbocycles. The summed E-state index contributed by atoms with van der Waals surface area (Å²) in [6.45, 7) is 0. The third-order valence-corrected chi connectivity index (χ3v) is 3.90.